The Kier molecular flexibility index (Phi) is 7.34. The Morgan fingerprint density at radius 1 is 1.05 bits per heavy atom. The molecule has 1 aromatic heterocycles. The molecule has 2 unspecified atom stereocenters. The molecule has 1 N–H and O–H groups in total. The standard InChI is InChI=1S/C29H25ClN2O7S/c1-29(25(34)22(33)17-30)24(28(36)39-23(18-10-4-2-5-11-18)19-12-6-3-7-13-19)32-26(35)21(27(32)40(29,37)38)16-20-14-8-9-15-31-20/h2-16,23-25,27,34H,17H2,1H3/b21-16-/t24-,25?,27?,29+/m0/s1. The van der Waals surface area contributed by atoms with Crippen LogP contribution in [0.25, 0.3) is 6.08 Å². The second kappa shape index (κ2) is 10.6. The summed E-state index contributed by atoms with van der Waals surface area (Å²) in [6.45, 7) is 1.08. The van der Waals surface area contributed by atoms with Crippen LogP contribution in [-0.2, 0) is 29.0 Å². The van der Waals surface area contributed by atoms with Gasteiger partial charge in [-0.15, -0.1) is 11.6 Å². The quantitative estimate of drug-likeness (QED) is 0.186. The van der Waals surface area contributed by atoms with Crippen LogP contribution in [0.5, 0.6) is 0 Å². The first-order valence-corrected chi connectivity index (χ1v) is 14.5. The molecule has 2 saturated heterocycles. The van der Waals surface area contributed by atoms with Gasteiger partial charge in [0, 0.05) is 6.20 Å². The van der Waals surface area contributed by atoms with Crippen molar-refractivity contribution in [2.75, 3.05) is 5.88 Å². The molecule has 0 spiro atoms. The normalized spacial score (nSPS) is 24.9. The van der Waals surface area contributed by atoms with Gasteiger partial charge in [-0.1, -0.05) is 66.7 Å². The van der Waals surface area contributed by atoms with Gasteiger partial charge < -0.3 is 14.7 Å². The van der Waals surface area contributed by atoms with E-state index in [1.807, 2.05) is 0 Å². The Balaban J connectivity index is 1.60. The van der Waals surface area contributed by atoms with Crippen LogP contribution in [0.15, 0.2) is 90.6 Å². The predicted octanol–water partition coefficient (Wildman–Crippen LogP) is 2.69. The zero-order valence-electron chi connectivity index (χ0n) is 21.3. The lowest BCUT2D eigenvalue weighted by atomic mass is 9.88. The van der Waals surface area contributed by atoms with Crippen molar-refractivity contribution in [3.8, 4) is 0 Å². The maximum Gasteiger partial charge on any atom is 0.331 e. The van der Waals surface area contributed by atoms with E-state index in [9.17, 15) is 27.9 Å². The lowest BCUT2D eigenvalue weighted by molar-refractivity contribution is -0.162. The maximum atomic E-state index is 14.0. The third kappa shape index (κ3) is 4.32. The number of β-lactam (4-membered cyclic amide) rings is 1. The number of benzene rings is 2. The van der Waals surface area contributed by atoms with E-state index in [2.05, 4.69) is 4.98 Å². The smallest absolute Gasteiger partial charge is 0.331 e. The molecule has 206 valence electrons. The molecule has 0 bridgehead atoms. The maximum absolute atomic E-state index is 14.0. The second-order valence-corrected chi connectivity index (χ2v) is 12.4. The highest BCUT2D eigenvalue weighted by Gasteiger charge is 2.75. The van der Waals surface area contributed by atoms with Crippen molar-refractivity contribution >= 4 is 45.2 Å². The Hall–Kier alpha value is -3.86. The van der Waals surface area contributed by atoms with E-state index < -0.39 is 61.7 Å². The topological polar surface area (TPSA) is 131 Å². The minimum absolute atomic E-state index is 0.131. The fourth-order valence-corrected chi connectivity index (χ4v) is 7.86. The lowest BCUT2D eigenvalue weighted by Gasteiger charge is -2.39. The van der Waals surface area contributed by atoms with E-state index in [-0.39, 0.29) is 5.57 Å². The molecule has 11 heteroatoms. The van der Waals surface area contributed by atoms with Gasteiger partial charge in [-0.3, -0.25) is 14.6 Å². The first-order chi connectivity index (χ1) is 19.1. The summed E-state index contributed by atoms with van der Waals surface area (Å²) in [6.07, 6.45) is -0.353. The Labute approximate surface area is 236 Å². The first kappa shape index (κ1) is 27.7. The number of nitrogens with zero attached hydrogens (tertiary/aromatic N) is 2. The third-order valence-corrected chi connectivity index (χ3v) is 10.4. The van der Waals surface area contributed by atoms with E-state index >= 15 is 0 Å². The van der Waals surface area contributed by atoms with Crippen molar-refractivity contribution in [3.63, 3.8) is 0 Å². The number of aliphatic hydroxyl groups excluding tert-OH is 1. The van der Waals surface area contributed by atoms with Crippen molar-refractivity contribution in [3.05, 3.63) is 107 Å². The Morgan fingerprint density at radius 3 is 2.15 bits per heavy atom. The van der Waals surface area contributed by atoms with Crippen molar-refractivity contribution in [1.82, 2.24) is 9.88 Å². The lowest BCUT2D eigenvalue weighted by Crippen LogP contribution is -2.62. The van der Waals surface area contributed by atoms with Crippen LogP contribution in [-0.4, -0.2) is 69.2 Å². The number of aliphatic hydroxyl groups is 1. The highest BCUT2D eigenvalue weighted by molar-refractivity contribution is 7.94. The molecule has 0 radical (unpaired) electrons. The molecule has 1 amide bonds. The Bertz CT molecular complexity index is 1540. The van der Waals surface area contributed by atoms with Crippen LogP contribution in [0, 0.1) is 0 Å². The SMILES string of the molecule is C[C@]1(C(O)C(=O)CCl)[C@H](C(=O)OC(c2ccccc2)c2ccccc2)N2C(=O)/C(=C/c3ccccn3)C2S1(=O)=O. The number of alkyl halides is 1. The number of hydrogen-bond donors (Lipinski definition) is 1. The van der Waals surface area contributed by atoms with Crippen LogP contribution < -0.4 is 0 Å². The summed E-state index contributed by atoms with van der Waals surface area (Å²) in [5.74, 6) is -3.53. The number of halogens is 1. The third-order valence-electron chi connectivity index (χ3n) is 7.36. The fourth-order valence-electron chi connectivity index (χ4n) is 5.25. The number of aromatic nitrogens is 1. The zero-order valence-corrected chi connectivity index (χ0v) is 22.8. The summed E-state index contributed by atoms with van der Waals surface area (Å²) >= 11 is 5.68. The number of carbonyl (C=O) groups excluding carboxylic acids is 3. The summed E-state index contributed by atoms with van der Waals surface area (Å²) in [7, 11) is -4.56. The van der Waals surface area contributed by atoms with Gasteiger partial charge in [-0.2, -0.15) is 0 Å². The number of Topliss-reactive ketones (excluding diaryl/α,β-unsaturated/α-hetero) is 1. The minimum atomic E-state index is -4.56. The number of rotatable bonds is 8. The predicted molar refractivity (Wildman–Crippen MR) is 147 cm³/mol. The molecule has 3 aromatic rings. The van der Waals surface area contributed by atoms with Crippen molar-refractivity contribution in [1.29, 1.82) is 0 Å². The minimum Gasteiger partial charge on any atom is -0.451 e. The monoisotopic (exact) mass is 580 g/mol. The molecular formula is C29H25ClN2O7S. The van der Waals surface area contributed by atoms with Crippen LogP contribution in [0.3, 0.4) is 0 Å². The summed E-state index contributed by atoms with van der Waals surface area (Å²) in [6, 6.07) is 20.7. The molecule has 40 heavy (non-hydrogen) atoms. The number of carbonyl (C=O) groups is 3. The number of amides is 1. The van der Waals surface area contributed by atoms with Crippen molar-refractivity contribution in [2.24, 2.45) is 0 Å². The van der Waals surface area contributed by atoms with Gasteiger partial charge in [0.15, 0.2) is 33.1 Å². The number of pyridine rings is 1. The molecule has 2 aromatic carbocycles. The molecule has 2 aliphatic heterocycles. The fraction of sp³-hybridized carbons (Fsp3) is 0.241. The number of ether oxygens (including phenoxy) is 1. The number of hydrogen-bond acceptors (Lipinski definition) is 8. The van der Waals surface area contributed by atoms with E-state index in [4.69, 9.17) is 16.3 Å². The van der Waals surface area contributed by atoms with Gasteiger partial charge >= 0.3 is 5.97 Å². The van der Waals surface area contributed by atoms with Gasteiger partial charge in [-0.05, 0) is 36.3 Å². The van der Waals surface area contributed by atoms with Gasteiger partial charge in [0.05, 0.1) is 17.1 Å². The van der Waals surface area contributed by atoms with E-state index in [1.54, 1.807) is 78.9 Å². The largest absolute Gasteiger partial charge is 0.451 e. The summed E-state index contributed by atoms with van der Waals surface area (Å²) in [4.78, 5) is 44.9. The second-order valence-electron chi connectivity index (χ2n) is 9.69. The van der Waals surface area contributed by atoms with Crippen molar-refractivity contribution in [2.45, 2.75) is 35.3 Å². The molecular weight excluding hydrogens is 556 g/mol. The highest BCUT2D eigenvalue weighted by atomic mass is 35.5. The molecule has 9 nitrogen and oxygen atoms in total. The summed E-state index contributed by atoms with van der Waals surface area (Å²) < 4.78 is 31.5. The molecule has 5 rings (SSSR count). The van der Waals surface area contributed by atoms with Crippen LogP contribution in [0.1, 0.15) is 29.8 Å². The summed E-state index contributed by atoms with van der Waals surface area (Å²) in [5.41, 5.74) is 1.40. The molecule has 0 aliphatic carbocycles. The number of esters is 1. The van der Waals surface area contributed by atoms with Gasteiger partial charge in [0.25, 0.3) is 5.91 Å². The van der Waals surface area contributed by atoms with E-state index in [0.717, 1.165) is 11.8 Å². The summed E-state index contributed by atoms with van der Waals surface area (Å²) in [5, 5.41) is 9.45. The average Bonchev–Trinajstić information content (AvgIpc) is 3.15. The number of ketones is 1. The van der Waals surface area contributed by atoms with Gasteiger partial charge in [-0.25, -0.2) is 13.2 Å². The van der Waals surface area contributed by atoms with Crippen LogP contribution >= 0.6 is 11.6 Å². The number of fused-ring (bicyclic) bond motifs is 1. The van der Waals surface area contributed by atoms with Gasteiger partial charge in [0.1, 0.15) is 10.9 Å². The van der Waals surface area contributed by atoms with E-state index in [0.29, 0.717) is 16.8 Å². The zero-order chi connectivity index (χ0) is 28.7. The Morgan fingerprint density at radius 2 is 1.62 bits per heavy atom. The molecule has 0 saturated carbocycles. The average molecular weight is 581 g/mol. The highest BCUT2D eigenvalue weighted by Crippen LogP contribution is 2.51. The first-order valence-electron chi connectivity index (χ1n) is 12.4. The van der Waals surface area contributed by atoms with Crippen molar-refractivity contribution < 1.29 is 32.6 Å². The van der Waals surface area contributed by atoms with E-state index in [1.165, 1.54) is 12.3 Å². The number of sulfone groups is 1. The van der Waals surface area contributed by atoms with Crippen LogP contribution in [0.4, 0.5) is 0 Å². The molecule has 3 heterocycles. The molecule has 2 fully saturated rings. The van der Waals surface area contributed by atoms with Gasteiger partial charge in [0.2, 0.25) is 0 Å². The molecule has 2 aliphatic rings. The molecule has 4 atom stereocenters. The van der Waals surface area contributed by atoms with Crippen LogP contribution in [0.2, 0.25) is 0 Å².